The van der Waals surface area contributed by atoms with Gasteiger partial charge in [-0.05, 0) is 73.9 Å². The molecule has 11 heteroatoms. The number of sulfonamides is 1. The van der Waals surface area contributed by atoms with Gasteiger partial charge in [-0.1, -0.05) is 95.0 Å². The Kier molecular flexibility index (Phi) is 11.6. The summed E-state index contributed by atoms with van der Waals surface area (Å²) >= 11 is 19.1. The number of halogens is 3. The lowest BCUT2D eigenvalue weighted by atomic mass is 10.0. The molecule has 1 N–H and O–H groups in total. The fourth-order valence-electron chi connectivity index (χ4n) is 4.78. The van der Waals surface area contributed by atoms with E-state index in [1.165, 1.54) is 23.1 Å². The Labute approximate surface area is 279 Å². The predicted octanol–water partition coefficient (Wildman–Crippen LogP) is 7.24. The average molecular weight is 687 g/mol. The minimum Gasteiger partial charge on any atom is -0.355 e. The second kappa shape index (κ2) is 15.1. The van der Waals surface area contributed by atoms with Gasteiger partial charge < -0.3 is 10.2 Å². The number of carbonyl (C=O) groups is 2. The molecule has 4 rings (SSSR count). The maximum atomic E-state index is 14.5. The van der Waals surface area contributed by atoms with Gasteiger partial charge >= 0.3 is 0 Å². The van der Waals surface area contributed by atoms with Gasteiger partial charge in [-0.2, -0.15) is 0 Å². The molecule has 0 heterocycles. The normalized spacial score (nSPS) is 12.0. The molecule has 0 aliphatic heterocycles. The Hall–Kier alpha value is -3.56. The molecule has 0 aliphatic rings. The van der Waals surface area contributed by atoms with Gasteiger partial charge in [-0.15, -0.1) is 0 Å². The first-order valence-corrected chi connectivity index (χ1v) is 16.9. The average Bonchev–Trinajstić information content (AvgIpc) is 3.00. The first-order chi connectivity index (χ1) is 21.4. The third kappa shape index (κ3) is 8.58. The summed E-state index contributed by atoms with van der Waals surface area (Å²) in [6, 6.07) is 24.4. The Morgan fingerprint density at radius 1 is 0.844 bits per heavy atom. The number of rotatable bonds is 12. The predicted molar refractivity (Wildman–Crippen MR) is 182 cm³/mol. The third-order valence-electron chi connectivity index (χ3n) is 7.31. The van der Waals surface area contributed by atoms with Gasteiger partial charge in [0.1, 0.15) is 12.6 Å². The highest BCUT2D eigenvalue weighted by atomic mass is 35.5. The number of hydrogen-bond acceptors (Lipinski definition) is 4. The van der Waals surface area contributed by atoms with E-state index >= 15 is 0 Å². The van der Waals surface area contributed by atoms with Crippen molar-refractivity contribution in [3.63, 3.8) is 0 Å². The first-order valence-electron chi connectivity index (χ1n) is 14.3. The SMILES string of the molecule is CCNC(=O)C(Cc1ccccc1)N(Cc1ccc(Cl)cc1Cl)C(=O)CN(c1ccc(C)c(Cl)c1)S(=O)(=O)c1ccc(C)cc1. The highest BCUT2D eigenvalue weighted by molar-refractivity contribution is 7.92. The summed E-state index contributed by atoms with van der Waals surface area (Å²) in [7, 11) is -4.25. The molecule has 236 valence electrons. The van der Waals surface area contributed by atoms with E-state index in [0.29, 0.717) is 27.2 Å². The van der Waals surface area contributed by atoms with Crippen molar-refractivity contribution in [3.8, 4) is 0 Å². The lowest BCUT2D eigenvalue weighted by Gasteiger charge is -2.34. The van der Waals surface area contributed by atoms with Crippen LogP contribution in [-0.4, -0.2) is 44.3 Å². The molecule has 0 spiro atoms. The van der Waals surface area contributed by atoms with Gasteiger partial charge in [-0.3, -0.25) is 13.9 Å². The van der Waals surface area contributed by atoms with Crippen molar-refractivity contribution in [1.82, 2.24) is 10.2 Å². The van der Waals surface area contributed by atoms with E-state index in [4.69, 9.17) is 34.8 Å². The molecule has 1 unspecified atom stereocenters. The maximum Gasteiger partial charge on any atom is 0.264 e. The molecule has 0 saturated carbocycles. The standard InChI is InChI=1S/C34H34Cl3N3O4S/c1-4-38-34(42)32(18-25-8-6-5-7-9-25)39(21-26-13-14-27(35)19-31(26)37)33(41)22-40(28-15-12-24(3)30(36)20-28)45(43,44)29-16-10-23(2)11-17-29/h5-17,19-20,32H,4,18,21-22H2,1-3H3,(H,38,42). The summed E-state index contributed by atoms with van der Waals surface area (Å²) in [4.78, 5) is 29.5. The largest absolute Gasteiger partial charge is 0.355 e. The highest BCUT2D eigenvalue weighted by Crippen LogP contribution is 2.30. The zero-order valence-corrected chi connectivity index (χ0v) is 28.2. The number of nitrogens with zero attached hydrogens (tertiary/aromatic N) is 2. The lowest BCUT2D eigenvalue weighted by Crippen LogP contribution is -2.53. The van der Waals surface area contributed by atoms with Crippen molar-refractivity contribution in [2.24, 2.45) is 0 Å². The fourth-order valence-corrected chi connectivity index (χ4v) is 6.83. The third-order valence-corrected chi connectivity index (χ3v) is 10.1. The Morgan fingerprint density at radius 2 is 1.53 bits per heavy atom. The van der Waals surface area contributed by atoms with Crippen LogP contribution in [0.2, 0.25) is 15.1 Å². The van der Waals surface area contributed by atoms with E-state index < -0.39 is 28.5 Å². The summed E-state index contributed by atoms with van der Waals surface area (Å²) < 4.78 is 29.3. The second-order valence-electron chi connectivity index (χ2n) is 10.6. The summed E-state index contributed by atoms with van der Waals surface area (Å²) in [5, 5.41) is 3.90. The van der Waals surface area contributed by atoms with Crippen LogP contribution in [0.15, 0.2) is 95.9 Å². The number of benzene rings is 4. The van der Waals surface area contributed by atoms with Crippen LogP contribution in [-0.2, 0) is 32.6 Å². The minimum atomic E-state index is -4.25. The highest BCUT2D eigenvalue weighted by Gasteiger charge is 2.35. The molecular weight excluding hydrogens is 653 g/mol. The van der Waals surface area contributed by atoms with Gasteiger partial charge in [0.2, 0.25) is 11.8 Å². The van der Waals surface area contributed by atoms with Crippen molar-refractivity contribution >= 4 is 62.3 Å². The summed E-state index contributed by atoms with van der Waals surface area (Å²) in [5.41, 5.74) is 3.21. The number of amides is 2. The van der Waals surface area contributed by atoms with Gasteiger partial charge in [0.15, 0.2) is 0 Å². The summed E-state index contributed by atoms with van der Waals surface area (Å²) in [5.74, 6) is -0.994. The Bertz CT molecular complexity index is 1770. The lowest BCUT2D eigenvalue weighted by molar-refractivity contribution is -0.140. The van der Waals surface area contributed by atoms with Crippen molar-refractivity contribution in [2.45, 2.75) is 44.7 Å². The van der Waals surface area contributed by atoms with E-state index in [-0.39, 0.29) is 29.5 Å². The van der Waals surface area contributed by atoms with Crippen LogP contribution < -0.4 is 9.62 Å². The van der Waals surface area contributed by atoms with Crippen molar-refractivity contribution in [2.75, 3.05) is 17.4 Å². The van der Waals surface area contributed by atoms with Crippen LogP contribution in [0.4, 0.5) is 5.69 Å². The maximum absolute atomic E-state index is 14.5. The van der Waals surface area contributed by atoms with Crippen LogP contribution in [0.1, 0.15) is 29.2 Å². The zero-order chi connectivity index (χ0) is 32.7. The van der Waals surface area contributed by atoms with Gasteiger partial charge in [0.05, 0.1) is 10.6 Å². The molecule has 0 bridgehead atoms. The van der Waals surface area contributed by atoms with Crippen molar-refractivity contribution in [1.29, 1.82) is 0 Å². The van der Waals surface area contributed by atoms with E-state index in [9.17, 15) is 18.0 Å². The minimum absolute atomic E-state index is 0.00875. The van der Waals surface area contributed by atoms with E-state index in [2.05, 4.69) is 5.32 Å². The van der Waals surface area contributed by atoms with E-state index in [1.807, 2.05) is 37.3 Å². The number of hydrogen-bond donors (Lipinski definition) is 1. The van der Waals surface area contributed by atoms with Crippen molar-refractivity contribution in [3.05, 3.63) is 128 Å². The number of likely N-dealkylation sites (N-methyl/N-ethyl adjacent to an activating group) is 1. The Morgan fingerprint density at radius 3 is 2.16 bits per heavy atom. The van der Waals surface area contributed by atoms with E-state index in [1.54, 1.807) is 56.3 Å². The summed E-state index contributed by atoms with van der Waals surface area (Å²) in [6.45, 7) is 5.10. The van der Waals surface area contributed by atoms with Gasteiger partial charge in [0.25, 0.3) is 10.0 Å². The second-order valence-corrected chi connectivity index (χ2v) is 13.7. The molecule has 0 radical (unpaired) electrons. The monoisotopic (exact) mass is 685 g/mol. The zero-order valence-electron chi connectivity index (χ0n) is 25.1. The number of anilines is 1. The number of carbonyl (C=O) groups excluding carboxylic acids is 2. The van der Waals surface area contributed by atoms with Crippen molar-refractivity contribution < 1.29 is 18.0 Å². The van der Waals surface area contributed by atoms with Gasteiger partial charge in [-0.25, -0.2) is 8.42 Å². The fraction of sp³-hybridized carbons (Fsp3) is 0.235. The molecule has 7 nitrogen and oxygen atoms in total. The molecule has 4 aromatic carbocycles. The smallest absolute Gasteiger partial charge is 0.264 e. The van der Waals surface area contributed by atoms with Gasteiger partial charge in [0, 0.05) is 34.6 Å². The van der Waals surface area contributed by atoms with E-state index in [0.717, 1.165) is 21.0 Å². The molecule has 2 amide bonds. The Balaban J connectivity index is 1.83. The topological polar surface area (TPSA) is 86.8 Å². The number of aryl methyl sites for hydroxylation is 2. The number of nitrogens with one attached hydrogen (secondary N) is 1. The summed E-state index contributed by atoms with van der Waals surface area (Å²) in [6.07, 6.45) is 0.185. The molecule has 45 heavy (non-hydrogen) atoms. The molecule has 1 atom stereocenters. The van der Waals surface area contributed by atoms with Crippen LogP contribution in [0, 0.1) is 13.8 Å². The molecular formula is C34H34Cl3N3O4S. The molecule has 0 saturated heterocycles. The molecule has 0 aromatic heterocycles. The molecule has 4 aromatic rings. The van der Waals surface area contributed by atoms with Crippen LogP contribution in [0.3, 0.4) is 0 Å². The van der Waals surface area contributed by atoms with Crippen LogP contribution in [0.5, 0.6) is 0 Å². The molecule has 0 fully saturated rings. The van der Waals surface area contributed by atoms with Crippen LogP contribution in [0.25, 0.3) is 0 Å². The van der Waals surface area contributed by atoms with Crippen LogP contribution >= 0.6 is 34.8 Å². The molecule has 0 aliphatic carbocycles. The first kappa shape index (κ1) is 34.3. The quantitative estimate of drug-likeness (QED) is 0.170.